The first-order valence-corrected chi connectivity index (χ1v) is 9.46. The van der Waals surface area contributed by atoms with E-state index in [-0.39, 0.29) is 34.0 Å². The van der Waals surface area contributed by atoms with Gasteiger partial charge in [0.05, 0.1) is 17.5 Å². The van der Waals surface area contributed by atoms with E-state index in [1.165, 1.54) is 24.3 Å². The number of aromatic nitrogens is 2. The number of aromatic carboxylic acids is 1. The third-order valence-corrected chi connectivity index (χ3v) is 5.10. The summed E-state index contributed by atoms with van der Waals surface area (Å²) in [6, 6.07) is 5.22. The third-order valence-electron chi connectivity index (χ3n) is 4.86. The van der Waals surface area contributed by atoms with Crippen LogP contribution in [0.5, 0.6) is 0 Å². The Hall–Kier alpha value is -3.48. The number of benzene rings is 1. The molecule has 9 nitrogen and oxygen atoms in total. The van der Waals surface area contributed by atoms with E-state index in [1.807, 2.05) is 0 Å². The predicted octanol–water partition coefficient (Wildman–Crippen LogP) is 3.02. The van der Waals surface area contributed by atoms with Gasteiger partial charge in [0.15, 0.2) is 5.82 Å². The van der Waals surface area contributed by atoms with Crippen LogP contribution in [0.3, 0.4) is 0 Å². The Morgan fingerprint density at radius 2 is 1.79 bits per heavy atom. The molecule has 0 aliphatic carbocycles. The monoisotopic (exact) mass is 491 g/mol. The summed E-state index contributed by atoms with van der Waals surface area (Å²) in [7, 11) is 0. The lowest BCUT2D eigenvalue weighted by Gasteiger charge is -2.46. The molecule has 0 saturated carbocycles. The van der Waals surface area contributed by atoms with Crippen LogP contribution in [0.25, 0.3) is 11.3 Å². The molecule has 1 aromatic heterocycles. The molecule has 0 unspecified atom stereocenters. The van der Waals surface area contributed by atoms with E-state index in [2.05, 4.69) is 10.2 Å². The highest BCUT2D eigenvalue weighted by Crippen LogP contribution is 2.41. The number of carbonyl (C=O) groups is 3. The molecular formula is C19H14ClF4N3O6. The average Bonchev–Trinajstić information content (AvgIpc) is 3.10. The molecule has 1 spiro atoms. The molecule has 33 heavy (non-hydrogen) atoms. The first kappa shape index (κ1) is 24.2. The largest absolute Gasteiger partial charge is 0.490 e. The number of hydrogen-bond donors (Lipinski definition) is 2. The number of esters is 1. The van der Waals surface area contributed by atoms with Gasteiger partial charge in [0.2, 0.25) is 0 Å². The summed E-state index contributed by atoms with van der Waals surface area (Å²) < 4.78 is 50.8. The van der Waals surface area contributed by atoms with Gasteiger partial charge in [-0.05, 0) is 24.3 Å². The van der Waals surface area contributed by atoms with Gasteiger partial charge >= 0.3 is 24.1 Å². The van der Waals surface area contributed by atoms with E-state index in [1.54, 1.807) is 4.90 Å². The molecule has 0 amide bonds. The predicted molar refractivity (Wildman–Crippen MR) is 103 cm³/mol. The maximum absolute atomic E-state index is 14.0. The lowest BCUT2D eigenvalue weighted by molar-refractivity contribution is -0.192. The highest BCUT2D eigenvalue weighted by atomic mass is 35.5. The number of rotatable bonds is 3. The molecule has 4 rings (SSSR count). The summed E-state index contributed by atoms with van der Waals surface area (Å²) in [5.74, 6) is -4.59. The number of carboxylic acid groups (broad SMARTS) is 2. The van der Waals surface area contributed by atoms with Gasteiger partial charge in [-0.25, -0.2) is 14.0 Å². The maximum atomic E-state index is 14.0. The number of cyclic esters (lactones) is 1. The van der Waals surface area contributed by atoms with Gasteiger partial charge in [0.25, 0.3) is 0 Å². The highest BCUT2D eigenvalue weighted by molar-refractivity contribution is 6.30. The minimum Gasteiger partial charge on any atom is -0.478 e. The van der Waals surface area contributed by atoms with Gasteiger partial charge in [-0.1, -0.05) is 11.6 Å². The van der Waals surface area contributed by atoms with Crippen LogP contribution in [-0.2, 0) is 14.3 Å². The minimum atomic E-state index is -5.08. The lowest BCUT2D eigenvalue weighted by Crippen LogP contribution is -2.57. The van der Waals surface area contributed by atoms with Crippen molar-refractivity contribution in [1.29, 1.82) is 0 Å². The first-order chi connectivity index (χ1) is 15.3. The average molecular weight is 492 g/mol. The van der Waals surface area contributed by atoms with Gasteiger partial charge in [-0.15, -0.1) is 10.2 Å². The zero-order chi connectivity index (χ0) is 24.6. The Kier molecular flexibility index (Phi) is 6.45. The maximum Gasteiger partial charge on any atom is 0.490 e. The van der Waals surface area contributed by atoms with E-state index >= 15 is 0 Å². The van der Waals surface area contributed by atoms with Crippen LogP contribution in [0.2, 0.25) is 5.02 Å². The second-order valence-corrected chi connectivity index (χ2v) is 7.83. The minimum absolute atomic E-state index is 0.0777. The van der Waals surface area contributed by atoms with Crippen molar-refractivity contribution in [3.63, 3.8) is 0 Å². The Morgan fingerprint density at radius 1 is 1.15 bits per heavy atom. The fraction of sp³-hybridized carbons (Fsp3) is 0.316. The van der Waals surface area contributed by atoms with Crippen molar-refractivity contribution in [3.05, 3.63) is 40.7 Å². The molecule has 14 heteroatoms. The molecule has 2 aromatic rings. The molecule has 0 bridgehead atoms. The van der Waals surface area contributed by atoms with Crippen molar-refractivity contribution in [1.82, 2.24) is 10.2 Å². The fourth-order valence-electron chi connectivity index (χ4n) is 3.36. The number of ether oxygens (including phenoxy) is 1. The Balaban J connectivity index is 0.000000383. The van der Waals surface area contributed by atoms with Gasteiger partial charge < -0.3 is 19.8 Å². The molecule has 2 saturated heterocycles. The van der Waals surface area contributed by atoms with E-state index in [0.29, 0.717) is 31.1 Å². The molecule has 0 radical (unpaired) electrons. The summed E-state index contributed by atoms with van der Waals surface area (Å²) >= 11 is 5.88. The molecule has 0 atom stereocenters. The fourth-order valence-corrected chi connectivity index (χ4v) is 3.53. The third kappa shape index (κ3) is 5.30. The van der Waals surface area contributed by atoms with Crippen LogP contribution in [0, 0.1) is 11.2 Å². The smallest absolute Gasteiger partial charge is 0.478 e. The standard InChI is InChI=1S/C17H13ClFN3O4.C2HF3O2/c18-9-1-2-12(19)10(3-9)13-4-11(16(24)25)15(21-20-13)22-6-17(7-22)5-14(23)26-8-17;3-2(4,5)1(6)7/h1-4H,5-8H2,(H,24,25);(H,6,7). The number of alkyl halides is 3. The molecule has 176 valence electrons. The molecule has 1 aromatic carbocycles. The van der Waals surface area contributed by atoms with Crippen molar-refractivity contribution in [2.75, 3.05) is 24.6 Å². The van der Waals surface area contributed by atoms with Crippen molar-refractivity contribution in [2.24, 2.45) is 5.41 Å². The van der Waals surface area contributed by atoms with E-state index in [0.717, 1.165) is 0 Å². The number of halogens is 5. The van der Waals surface area contributed by atoms with Crippen molar-refractivity contribution >= 4 is 35.3 Å². The topological polar surface area (TPSA) is 130 Å². The summed E-state index contributed by atoms with van der Waals surface area (Å²) in [5, 5.41) is 24.9. The quantitative estimate of drug-likeness (QED) is 0.491. The Labute approximate surface area is 187 Å². The highest BCUT2D eigenvalue weighted by Gasteiger charge is 2.51. The second kappa shape index (κ2) is 8.81. The van der Waals surface area contributed by atoms with Crippen LogP contribution >= 0.6 is 11.6 Å². The Bertz CT molecular complexity index is 1120. The molecule has 2 N–H and O–H groups in total. The lowest BCUT2D eigenvalue weighted by atomic mass is 9.79. The van der Waals surface area contributed by atoms with Crippen molar-refractivity contribution in [3.8, 4) is 11.3 Å². The zero-order valence-electron chi connectivity index (χ0n) is 16.4. The van der Waals surface area contributed by atoms with Crippen LogP contribution in [0.1, 0.15) is 16.8 Å². The van der Waals surface area contributed by atoms with Crippen LogP contribution in [0.4, 0.5) is 23.4 Å². The van der Waals surface area contributed by atoms with Gasteiger partial charge in [-0.2, -0.15) is 13.2 Å². The van der Waals surface area contributed by atoms with E-state index in [4.69, 9.17) is 26.2 Å². The van der Waals surface area contributed by atoms with Gasteiger partial charge in [0, 0.05) is 23.7 Å². The number of carbonyl (C=O) groups excluding carboxylic acids is 1. The van der Waals surface area contributed by atoms with Crippen molar-refractivity contribution < 1.29 is 46.9 Å². The molecule has 2 aliphatic rings. The van der Waals surface area contributed by atoms with Crippen LogP contribution < -0.4 is 4.90 Å². The second-order valence-electron chi connectivity index (χ2n) is 7.39. The molecular weight excluding hydrogens is 478 g/mol. The summed E-state index contributed by atoms with van der Waals surface area (Å²) in [4.78, 5) is 33.6. The van der Waals surface area contributed by atoms with Gasteiger partial charge in [0.1, 0.15) is 18.0 Å². The molecule has 2 fully saturated rings. The summed E-state index contributed by atoms with van der Waals surface area (Å²) in [6.07, 6.45) is -4.77. The SMILES string of the molecule is O=C(O)C(F)(F)F.O=C1CC2(CO1)CN(c1nnc(-c3cc(Cl)ccc3F)cc1C(=O)O)C2. The number of nitrogens with zero attached hydrogens (tertiary/aromatic N) is 3. The zero-order valence-corrected chi connectivity index (χ0v) is 17.2. The van der Waals surface area contributed by atoms with Crippen LogP contribution in [-0.4, -0.2) is 64.2 Å². The molecule has 3 heterocycles. The van der Waals surface area contributed by atoms with Crippen molar-refractivity contribution in [2.45, 2.75) is 12.6 Å². The summed E-state index contributed by atoms with van der Waals surface area (Å²) in [5.41, 5.74) is -0.212. The number of hydrogen-bond acceptors (Lipinski definition) is 7. The first-order valence-electron chi connectivity index (χ1n) is 9.08. The molecule has 2 aliphatic heterocycles. The summed E-state index contributed by atoms with van der Waals surface area (Å²) in [6.45, 7) is 1.24. The number of aliphatic carboxylic acids is 1. The van der Waals surface area contributed by atoms with E-state index < -0.39 is 23.9 Å². The van der Waals surface area contributed by atoms with E-state index in [9.17, 15) is 32.3 Å². The normalized spacial score (nSPS) is 16.5. The number of anilines is 1. The van der Waals surface area contributed by atoms with Crippen LogP contribution in [0.15, 0.2) is 24.3 Å². The van der Waals surface area contributed by atoms with Gasteiger partial charge in [-0.3, -0.25) is 4.79 Å². The Morgan fingerprint density at radius 3 is 2.30 bits per heavy atom. The number of carboxylic acids is 2.